The van der Waals surface area contributed by atoms with Crippen molar-refractivity contribution in [3.8, 4) is 11.4 Å². The molecule has 0 radical (unpaired) electrons. The van der Waals surface area contributed by atoms with E-state index in [0.29, 0.717) is 11.8 Å². The lowest BCUT2D eigenvalue weighted by Gasteiger charge is -2.04. The van der Waals surface area contributed by atoms with E-state index in [4.69, 9.17) is 5.73 Å². The molecule has 17 heavy (non-hydrogen) atoms. The predicted octanol–water partition coefficient (Wildman–Crippen LogP) is 2.38. The van der Waals surface area contributed by atoms with E-state index in [9.17, 15) is 0 Å². The summed E-state index contributed by atoms with van der Waals surface area (Å²) >= 11 is 0. The molecule has 0 saturated carbocycles. The van der Waals surface area contributed by atoms with Gasteiger partial charge in [-0.1, -0.05) is 30.7 Å². The fourth-order valence-electron chi connectivity index (χ4n) is 1.69. The molecule has 0 unspecified atom stereocenters. The maximum absolute atomic E-state index is 5.70. The molecule has 0 spiro atoms. The lowest BCUT2D eigenvalue weighted by atomic mass is 10.1. The molecule has 2 N–H and O–H groups in total. The van der Waals surface area contributed by atoms with Crippen LogP contribution in [0, 0.1) is 6.92 Å². The fourth-order valence-corrected chi connectivity index (χ4v) is 1.69. The van der Waals surface area contributed by atoms with E-state index in [0.717, 1.165) is 24.2 Å². The maximum atomic E-state index is 5.70. The Morgan fingerprint density at radius 1 is 1.18 bits per heavy atom. The average molecular weight is 228 g/mol. The summed E-state index contributed by atoms with van der Waals surface area (Å²) in [5.41, 5.74) is 7.86. The predicted molar refractivity (Wildman–Crippen MR) is 68.4 cm³/mol. The second-order valence-corrected chi connectivity index (χ2v) is 4.05. The summed E-state index contributed by atoms with van der Waals surface area (Å²) < 4.78 is 0. The van der Waals surface area contributed by atoms with Crippen LogP contribution in [0.3, 0.4) is 0 Å². The topological polar surface area (TPSA) is 64.7 Å². The Bertz CT molecular complexity index is 523. The molecule has 0 aliphatic carbocycles. The van der Waals surface area contributed by atoms with Crippen molar-refractivity contribution in [3.05, 3.63) is 35.7 Å². The normalized spacial score (nSPS) is 10.5. The molecule has 0 atom stereocenters. The van der Waals surface area contributed by atoms with Crippen molar-refractivity contribution in [2.24, 2.45) is 0 Å². The highest BCUT2D eigenvalue weighted by Gasteiger charge is 2.06. The number of nitrogens with zero attached hydrogens (tertiary/aromatic N) is 3. The van der Waals surface area contributed by atoms with Crippen molar-refractivity contribution in [1.82, 2.24) is 15.0 Å². The highest BCUT2D eigenvalue weighted by molar-refractivity contribution is 5.56. The van der Waals surface area contributed by atoms with Gasteiger partial charge in [-0.2, -0.15) is 9.97 Å². The van der Waals surface area contributed by atoms with Crippen molar-refractivity contribution < 1.29 is 0 Å². The van der Waals surface area contributed by atoms with Gasteiger partial charge >= 0.3 is 0 Å². The quantitative estimate of drug-likeness (QED) is 0.876. The largest absolute Gasteiger partial charge is 0.368 e. The number of hydrogen-bond acceptors (Lipinski definition) is 4. The number of nitrogen functional groups attached to an aromatic ring is 1. The van der Waals surface area contributed by atoms with Gasteiger partial charge in [-0.3, -0.25) is 0 Å². The Balaban J connectivity index is 2.44. The number of rotatable bonds is 3. The molecule has 0 aliphatic heterocycles. The minimum atomic E-state index is 0.292. The van der Waals surface area contributed by atoms with Crippen LogP contribution >= 0.6 is 0 Å². The second kappa shape index (κ2) is 4.91. The van der Waals surface area contributed by atoms with E-state index in [1.54, 1.807) is 0 Å². The molecule has 2 aromatic rings. The van der Waals surface area contributed by atoms with Crippen LogP contribution in [-0.4, -0.2) is 15.0 Å². The van der Waals surface area contributed by atoms with Gasteiger partial charge in [0.2, 0.25) is 5.95 Å². The second-order valence-electron chi connectivity index (χ2n) is 4.05. The molecule has 4 heteroatoms. The van der Waals surface area contributed by atoms with Gasteiger partial charge in [0.25, 0.3) is 0 Å². The third kappa shape index (κ3) is 2.78. The molecular weight excluding hydrogens is 212 g/mol. The Labute approximate surface area is 101 Å². The van der Waals surface area contributed by atoms with Crippen LogP contribution in [0.5, 0.6) is 0 Å². The van der Waals surface area contributed by atoms with Gasteiger partial charge in [0.15, 0.2) is 5.82 Å². The van der Waals surface area contributed by atoms with Crippen molar-refractivity contribution in [2.45, 2.75) is 26.7 Å². The summed E-state index contributed by atoms with van der Waals surface area (Å²) in [4.78, 5) is 12.7. The standard InChI is InChI=1S/C13H16N4/c1-3-5-11-15-12(17-13(14)16-11)10-7-4-6-9(2)8-10/h4,6-8H,3,5H2,1-2H3,(H2,14,15,16,17). The first-order valence-electron chi connectivity index (χ1n) is 5.76. The molecule has 0 aliphatic rings. The van der Waals surface area contributed by atoms with E-state index in [2.05, 4.69) is 21.9 Å². The Hall–Kier alpha value is -1.97. The van der Waals surface area contributed by atoms with Gasteiger partial charge in [-0.05, 0) is 19.4 Å². The smallest absolute Gasteiger partial charge is 0.223 e. The van der Waals surface area contributed by atoms with Crippen LogP contribution in [0.25, 0.3) is 11.4 Å². The van der Waals surface area contributed by atoms with Crippen LogP contribution in [0.15, 0.2) is 24.3 Å². The first kappa shape index (κ1) is 11.5. The summed E-state index contributed by atoms with van der Waals surface area (Å²) in [6.07, 6.45) is 1.82. The first-order valence-corrected chi connectivity index (χ1v) is 5.76. The fraction of sp³-hybridized carbons (Fsp3) is 0.308. The van der Waals surface area contributed by atoms with Crippen LogP contribution in [0.4, 0.5) is 5.95 Å². The number of aromatic nitrogens is 3. The zero-order chi connectivity index (χ0) is 12.3. The third-order valence-corrected chi connectivity index (χ3v) is 2.45. The van der Waals surface area contributed by atoms with Gasteiger partial charge in [-0.15, -0.1) is 0 Å². The van der Waals surface area contributed by atoms with E-state index in [-0.39, 0.29) is 0 Å². The molecule has 2 rings (SSSR count). The highest BCUT2D eigenvalue weighted by Crippen LogP contribution is 2.17. The zero-order valence-electron chi connectivity index (χ0n) is 10.1. The zero-order valence-corrected chi connectivity index (χ0v) is 10.1. The number of benzene rings is 1. The van der Waals surface area contributed by atoms with Gasteiger partial charge < -0.3 is 5.73 Å². The molecular formula is C13H16N4. The summed E-state index contributed by atoms with van der Waals surface area (Å²) in [7, 11) is 0. The maximum Gasteiger partial charge on any atom is 0.223 e. The van der Waals surface area contributed by atoms with E-state index >= 15 is 0 Å². The Kier molecular flexibility index (Phi) is 3.32. The minimum absolute atomic E-state index is 0.292. The number of nitrogens with two attached hydrogens (primary N) is 1. The number of aryl methyl sites for hydroxylation is 2. The lowest BCUT2D eigenvalue weighted by Crippen LogP contribution is -2.04. The van der Waals surface area contributed by atoms with E-state index in [1.807, 2.05) is 31.2 Å². The Morgan fingerprint density at radius 2 is 2.00 bits per heavy atom. The molecule has 88 valence electrons. The van der Waals surface area contributed by atoms with Crippen molar-refractivity contribution >= 4 is 5.95 Å². The molecule has 0 fully saturated rings. The Morgan fingerprint density at radius 3 is 2.71 bits per heavy atom. The molecule has 1 aromatic carbocycles. The summed E-state index contributed by atoms with van der Waals surface area (Å²) in [6.45, 7) is 4.13. The van der Waals surface area contributed by atoms with Gasteiger partial charge in [0.1, 0.15) is 5.82 Å². The van der Waals surface area contributed by atoms with Gasteiger partial charge in [-0.25, -0.2) is 4.98 Å². The minimum Gasteiger partial charge on any atom is -0.368 e. The molecule has 4 nitrogen and oxygen atoms in total. The molecule has 1 heterocycles. The van der Waals surface area contributed by atoms with E-state index < -0.39 is 0 Å². The molecule has 0 bridgehead atoms. The molecule has 0 amide bonds. The summed E-state index contributed by atoms with van der Waals surface area (Å²) in [6, 6.07) is 8.06. The van der Waals surface area contributed by atoms with E-state index in [1.165, 1.54) is 5.56 Å². The van der Waals surface area contributed by atoms with Gasteiger partial charge in [0, 0.05) is 12.0 Å². The highest BCUT2D eigenvalue weighted by atomic mass is 15.1. The molecule has 0 saturated heterocycles. The molecule has 1 aromatic heterocycles. The number of anilines is 1. The van der Waals surface area contributed by atoms with Crippen LogP contribution < -0.4 is 5.73 Å². The third-order valence-electron chi connectivity index (χ3n) is 2.45. The SMILES string of the molecule is CCCc1nc(N)nc(-c2cccc(C)c2)n1. The van der Waals surface area contributed by atoms with Crippen molar-refractivity contribution in [3.63, 3.8) is 0 Å². The summed E-state index contributed by atoms with van der Waals surface area (Å²) in [5, 5.41) is 0. The van der Waals surface area contributed by atoms with Crippen LogP contribution in [0.1, 0.15) is 24.7 Å². The average Bonchev–Trinajstić information content (AvgIpc) is 2.28. The van der Waals surface area contributed by atoms with Crippen molar-refractivity contribution in [2.75, 3.05) is 5.73 Å². The van der Waals surface area contributed by atoms with Crippen LogP contribution in [-0.2, 0) is 6.42 Å². The van der Waals surface area contributed by atoms with Gasteiger partial charge in [0.05, 0.1) is 0 Å². The van der Waals surface area contributed by atoms with Crippen LogP contribution in [0.2, 0.25) is 0 Å². The first-order chi connectivity index (χ1) is 8.19. The monoisotopic (exact) mass is 228 g/mol. The lowest BCUT2D eigenvalue weighted by molar-refractivity contribution is 0.825. The summed E-state index contributed by atoms with van der Waals surface area (Å²) in [5.74, 6) is 1.71. The van der Waals surface area contributed by atoms with Crippen molar-refractivity contribution in [1.29, 1.82) is 0 Å². The number of hydrogen-bond donors (Lipinski definition) is 1.